The average molecular weight is 360 g/mol. The van der Waals surface area contributed by atoms with E-state index < -0.39 is 0 Å². The van der Waals surface area contributed by atoms with Crippen LogP contribution in [0.1, 0.15) is 12.5 Å². The summed E-state index contributed by atoms with van der Waals surface area (Å²) >= 11 is 9.15. The van der Waals surface area contributed by atoms with Crippen LogP contribution in [0.5, 0.6) is 11.5 Å². The van der Waals surface area contributed by atoms with E-state index in [9.17, 15) is 0 Å². The zero-order valence-electron chi connectivity index (χ0n) is 11.6. The number of halogens is 1. The Kier molecular flexibility index (Phi) is 5.63. The number of hydrogen-bond acceptors (Lipinski definition) is 4. The summed E-state index contributed by atoms with van der Waals surface area (Å²) in [5, 5.41) is 0. The summed E-state index contributed by atoms with van der Waals surface area (Å²) in [4.78, 5) is 2.96. The lowest BCUT2D eigenvalue weighted by Gasteiger charge is -2.29. The number of methoxy groups -OCH3 is 1. The highest BCUT2D eigenvalue weighted by Gasteiger charge is 2.19. The van der Waals surface area contributed by atoms with Gasteiger partial charge >= 0.3 is 0 Å². The molecule has 1 heterocycles. The van der Waals surface area contributed by atoms with Gasteiger partial charge in [0.05, 0.1) is 26.9 Å². The first-order valence-electron chi connectivity index (χ1n) is 6.54. The van der Waals surface area contributed by atoms with Gasteiger partial charge in [-0.15, -0.1) is 0 Å². The molecule has 0 aromatic heterocycles. The second kappa shape index (κ2) is 7.24. The van der Waals surface area contributed by atoms with Crippen LogP contribution in [0.2, 0.25) is 0 Å². The number of hydrogen-bond donors (Lipinski definition) is 0. The zero-order chi connectivity index (χ0) is 14.5. The van der Waals surface area contributed by atoms with Crippen LogP contribution in [-0.4, -0.2) is 49.9 Å². The molecule has 1 fully saturated rings. The summed E-state index contributed by atoms with van der Waals surface area (Å²) < 4.78 is 17.2. The molecule has 0 N–H and O–H groups in total. The molecule has 4 nitrogen and oxygen atoms in total. The van der Waals surface area contributed by atoms with Crippen LogP contribution in [0.4, 0.5) is 0 Å². The lowest BCUT2D eigenvalue weighted by molar-refractivity contribution is 0.0692. The Labute approximate surface area is 133 Å². The van der Waals surface area contributed by atoms with Gasteiger partial charge in [0.15, 0.2) is 11.5 Å². The van der Waals surface area contributed by atoms with Crippen molar-refractivity contribution >= 4 is 33.1 Å². The minimum atomic E-state index is 0.593. The summed E-state index contributed by atoms with van der Waals surface area (Å²) in [5.74, 6) is 1.41. The van der Waals surface area contributed by atoms with E-state index in [4.69, 9.17) is 26.4 Å². The third-order valence-electron chi connectivity index (χ3n) is 3.08. The molecule has 1 saturated heterocycles. The molecule has 0 bridgehead atoms. The minimum Gasteiger partial charge on any atom is -0.493 e. The molecule has 20 heavy (non-hydrogen) atoms. The van der Waals surface area contributed by atoms with Gasteiger partial charge in [0.2, 0.25) is 0 Å². The van der Waals surface area contributed by atoms with Crippen molar-refractivity contribution in [3.8, 4) is 11.5 Å². The van der Waals surface area contributed by atoms with Crippen LogP contribution in [0.15, 0.2) is 16.6 Å². The highest BCUT2D eigenvalue weighted by Crippen LogP contribution is 2.34. The molecule has 0 spiro atoms. The number of ether oxygens (including phenoxy) is 3. The Morgan fingerprint density at radius 1 is 1.35 bits per heavy atom. The standard InChI is InChI=1S/C14H18BrNO3S/c1-3-19-13-9-11(15)10(8-12(13)17-2)14(20)16-4-6-18-7-5-16/h8-9H,3-7H2,1-2H3. The van der Waals surface area contributed by atoms with Crippen molar-refractivity contribution in [3.63, 3.8) is 0 Å². The summed E-state index contributed by atoms with van der Waals surface area (Å²) in [7, 11) is 1.63. The summed E-state index contributed by atoms with van der Waals surface area (Å²) in [6, 6.07) is 3.83. The summed E-state index contributed by atoms with van der Waals surface area (Å²) in [5.41, 5.74) is 0.946. The van der Waals surface area contributed by atoms with Crippen molar-refractivity contribution in [3.05, 3.63) is 22.2 Å². The molecule has 0 amide bonds. The number of morpholine rings is 1. The largest absolute Gasteiger partial charge is 0.493 e. The molecule has 110 valence electrons. The topological polar surface area (TPSA) is 30.9 Å². The predicted octanol–water partition coefficient (Wildman–Crippen LogP) is 2.86. The molecule has 6 heteroatoms. The van der Waals surface area contributed by atoms with Crippen molar-refractivity contribution < 1.29 is 14.2 Å². The maximum atomic E-state index is 5.59. The van der Waals surface area contributed by atoms with Crippen LogP contribution in [0.3, 0.4) is 0 Å². The van der Waals surface area contributed by atoms with E-state index >= 15 is 0 Å². The predicted molar refractivity (Wildman–Crippen MR) is 86.0 cm³/mol. The Morgan fingerprint density at radius 2 is 2.05 bits per heavy atom. The second-order valence-electron chi connectivity index (χ2n) is 4.32. The third kappa shape index (κ3) is 3.42. The normalized spacial score (nSPS) is 15.1. The fourth-order valence-electron chi connectivity index (χ4n) is 2.06. The van der Waals surface area contributed by atoms with Crippen molar-refractivity contribution in [1.82, 2.24) is 4.90 Å². The first-order chi connectivity index (χ1) is 9.67. The molecule has 1 aliphatic rings. The Balaban J connectivity index is 2.28. The lowest BCUT2D eigenvalue weighted by atomic mass is 10.1. The molecule has 0 aliphatic carbocycles. The highest BCUT2D eigenvalue weighted by molar-refractivity contribution is 9.10. The van der Waals surface area contributed by atoms with Crippen LogP contribution in [0.25, 0.3) is 0 Å². The SMILES string of the molecule is CCOc1cc(Br)c(C(=S)N2CCOCC2)cc1OC. The van der Waals surface area contributed by atoms with Gasteiger partial charge in [0.25, 0.3) is 0 Å². The van der Waals surface area contributed by atoms with E-state index in [1.165, 1.54) is 0 Å². The molecule has 1 aromatic rings. The Bertz CT molecular complexity index is 490. The second-order valence-corrected chi connectivity index (χ2v) is 5.56. The van der Waals surface area contributed by atoms with Gasteiger partial charge in [0.1, 0.15) is 4.99 Å². The van der Waals surface area contributed by atoms with Gasteiger partial charge in [-0.1, -0.05) is 12.2 Å². The van der Waals surface area contributed by atoms with Gasteiger partial charge in [-0.25, -0.2) is 0 Å². The smallest absolute Gasteiger partial charge is 0.162 e. The van der Waals surface area contributed by atoms with Crippen molar-refractivity contribution in [1.29, 1.82) is 0 Å². The highest BCUT2D eigenvalue weighted by atomic mass is 79.9. The summed E-state index contributed by atoms with van der Waals surface area (Å²) in [6.07, 6.45) is 0. The number of rotatable bonds is 4. The molecule has 1 aliphatic heterocycles. The Hall–Kier alpha value is -0.850. The van der Waals surface area contributed by atoms with Crippen molar-refractivity contribution in [2.75, 3.05) is 40.0 Å². The molecule has 0 saturated carbocycles. The quantitative estimate of drug-likeness (QED) is 0.771. The average Bonchev–Trinajstić information content (AvgIpc) is 2.48. The van der Waals surface area contributed by atoms with Crippen molar-refractivity contribution in [2.24, 2.45) is 0 Å². The fraction of sp³-hybridized carbons (Fsp3) is 0.500. The van der Waals surface area contributed by atoms with Gasteiger partial charge < -0.3 is 19.1 Å². The number of benzene rings is 1. The van der Waals surface area contributed by atoms with E-state index in [-0.39, 0.29) is 0 Å². The van der Waals surface area contributed by atoms with Crippen LogP contribution < -0.4 is 9.47 Å². The van der Waals surface area contributed by atoms with Crippen LogP contribution in [0, 0.1) is 0 Å². The monoisotopic (exact) mass is 359 g/mol. The van der Waals surface area contributed by atoms with Gasteiger partial charge in [0, 0.05) is 23.1 Å². The zero-order valence-corrected chi connectivity index (χ0v) is 14.1. The Morgan fingerprint density at radius 3 is 2.65 bits per heavy atom. The minimum absolute atomic E-state index is 0.593. The van der Waals surface area contributed by atoms with Gasteiger partial charge in [-0.2, -0.15) is 0 Å². The molecule has 2 rings (SSSR count). The van der Waals surface area contributed by atoms with Crippen LogP contribution >= 0.6 is 28.1 Å². The maximum absolute atomic E-state index is 5.59. The van der Waals surface area contributed by atoms with Gasteiger partial charge in [-0.3, -0.25) is 0 Å². The molecular formula is C14H18BrNO3S. The number of thiocarbonyl (C=S) groups is 1. The van der Waals surface area contributed by atoms with Gasteiger partial charge in [-0.05, 0) is 35.0 Å². The van der Waals surface area contributed by atoms with E-state index in [0.717, 1.165) is 33.9 Å². The first kappa shape index (κ1) is 15.5. The third-order valence-corrected chi connectivity index (χ3v) is 4.22. The lowest BCUT2D eigenvalue weighted by Crippen LogP contribution is -2.40. The molecule has 0 radical (unpaired) electrons. The molecule has 1 aromatic carbocycles. The number of nitrogens with zero attached hydrogens (tertiary/aromatic N) is 1. The molecular weight excluding hydrogens is 342 g/mol. The van der Waals surface area contributed by atoms with E-state index in [1.807, 2.05) is 19.1 Å². The molecule has 0 atom stereocenters. The summed E-state index contributed by atoms with van der Waals surface area (Å²) in [6.45, 7) is 5.61. The molecule has 0 unspecified atom stereocenters. The van der Waals surface area contributed by atoms with E-state index in [1.54, 1.807) is 7.11 Å². The van der Waals surface area contributed by atoms with E-state index in [0.29, 0.717) is 25.6 Å². The van der Waals surface area contributed by atoms with Crippen LogP contribution in [-0.2, 0) is 4.74 Å². The fourth-order valence-corrected chi connectivity index (χ4v) is 3.06. The first-order valence-corrected chi connectivity index (χ1v) is 7.74. The maximum Gasteiger partial charge on any atom is 0.162 e. The van der Waals surface area contributed by atoms with Crippen molar-refractivity contribution in [2.45, 2.75) is 6.92 Å². The van der Waals surface area contributed by atoms with E-state index in [2.05, 4.69) is 20.8 Å².